The van der Waals surface area contributed by atoms with E-state index in [1.807, 2.05) is 0 Å². The first kappa shape index (κ1) is 11.5. The minimum absolute atomic E-state index is 0.0582. The number of hydrogen-bond donors (Lipinski definition) is 2. The Morgan fingerprint density at radius 3 is 2.80 bits per heavy atom. The molecule has 1 aromatic carbocycles. The van der Waals surface area contributed by atoms with E-state index in [0.29, 0.717) is 5.56 Å². The molecule has 0 aliphatic heterocycles. The Labute approximate surface area is 86.5 Å². The molecule has 3 N–H and O–H groups in total. The molecule has 0 fully saturated rings. The Bertz CT molecular complexity index is 368. The zero-order chi connectivity index (χ0) is 11.4. The number of hydrogen-bond acceptors (Lipinski definition) is 3. The molecule has 1 rings (SSSR count). The summed E-state index contributed by atoms with van der Waals surface area (Å²) in [5.41, 5.74) is 5.72. The number of rotatable bonds is 4. The zero-order valence-electron chi connectivity index (χ0n) is 8.24. The van der Waals surface area contributed by atoms with Gasteiger partial charge in [-0.1, -0.05) is 6.07 Å². The number of halogens is 1. The molecular formula is C10H12FNO3. The lowest BCUT2D eigenvalue weighted by atomic mass is 9.98. The van der Waals surface area contributed by atoms with Crippen LogP contribution < -0.4 is 10.5 Å². The number of carbonyl (C=O) groups is 1. The zero-order valence-corrected chi connectivity index (χ0v) is 8.24. The summed E-state index contributed by atoms with van der Waals surface area (Å²) in [6.07, 6.45) is 0. The third kappa shape index (κ3) is 2.44. The molecule has 1 atom stereocenters. The lowest BCUT2D eigenvalue weighted by Gasteiger charge is -2.14. The van der Waals surface area contributed by atoms with Crippen LogP contribution in [0, 0.1) is 5.82 Å². The molecule has 0 bridgehead atoms. The summed E-state index contributed by atoms with van der Waals surface area (Å²) >= 11 is 0. The lowest BCUT2D eigenvalue weighted by molar-refractivity contribution is -0.138. The number of carboxylic acid groups (broad SMARTS) is 1. The van der Waals surface area contributed by atoms with E-state index < -0.39 is 17.7 Å². The molecule has 0 heterocycles. The largest absolute Gasteiger partial charge is 0.496 e. The Morgan fingerprint density at radius 1 is 1.67 bits per heavy atom. The fraction of sp³-hybridized carbons (Fsp3) is 0.300. The number of ether oxygens (including phenoxy) is 1. The van der Waals surface area contributed by atoms with Gasteiger partial charge >= 0.3 is 5.97 Å². The number of benzene rings is 1. The van der Waals surface area contributed by atoms with E-state index in [0.717, 1.165) is 6.07 Å². The summed E-state index contributed by atoms with van der Waals surface area (Å²) in [4.78, 5) is 10.9. The van der Waals surface area contributed by atoms with Crippen LogP contribution in [0.4, 0.5) is 4.39 Å². The molecule has 0 saturated heterocycles. The second-order valence-electron chi connectivity index (χ2n) is 3.01. The summed E-state index contributed by atoms with van der Waals surface area (Å²) in [6.45, 7) is -0.0582. The molecule has 0 aliphatic rings. The van der Waals surface area contributed by atoms with Crippen molar-refractivity contribution in [2.24, 2.45) is 5.73 Å². The van der Waals surface area contributed by atoms with Crippen molar-refractivity contribution in [2.75, 3.05) is 13.7 Å². The van der Waals surface area contributed by atoms with Gasteiger partial charge in [-0.25, -0.2) is 4.39 Å². The van der Waals surface area contributed by atoms with Gasteiger partial charge in [-0.05, 0) is 6.07 Å². The Balaban J connectivity index is 3.16. The second-order valence-corrected chi connectivity index (χ2v) is 3.01. The fourth-order valence-corrected chi connectivity index (χ4v) is 1.33. The van der Waals surface area contributed by atoms with Gasteiger partial charge in [-0.15, -0.1) is 0 Å². The molecule has 0 saturated carbocycles. The van der Waals surface area contributed by atoms with Gasteiger partial charge < -0.3 is 15.6 Å². The van der Waals surface area contributed by atoms with Crippen LogP contribution in [0.15, 0.2) is 18.2 Å². The number of nitrogens with two attached hydrogens (primary N) is 1. The van der Waals surface area contributed by atoms with Crippen LogP contribution in [0.1, 0.15) is 11.5 Å². The van der Waals surface area contributed by atoms with E-state index in [2.05, 4.69) is 0 Å². The van der Waals surface area contributed by atoms with Gasteiger partial charge in [0.05, 0.1) is 13.0 Å². The fourth-order valence-electron chi connectivity index (χ4n) is 1.33. The van der Waals surface area contributed by atoms with Gasteiger partial charge in [0, 0.05) is 18.2 Å². The third-order valence-corrected chi connectivity index (χ3v) is 2.10. The first-order valence-electron chi connectivity index (χ1n) is 4.36. The average molecular weight is 213 g/mol. The minimum Gasteiger partial charge on any atom is -0.496 e. The van der Waals surface area contributed by atoms with Crippen molar-refractivity contribution < 1.29 is 19.0 Å². The van der Waals surface area contributed by atoms with E-state index in [9.17, 15) is 9.18 Å². The molecule has 0 aliphatic carbocycles. The first-order chi connectivity index (χ1) is 7.10. The number of methoxy groups -OCH3 is 1. The van der Waals surface area contributed by atoms with Crippen molar-refractivity contribution in [1.82, 2.24) is 0 Å². The van der Waals surface area contributed by atoms with Gasteiger partial charge in [0.25, 0.3) is 0 Å². The Hall–Kier alpha value is -1.62. The van der Waals surface area contributed by atoms with Crippen molar-refractivity contribution in [3.05, 3.63) is 29.6 Å². The first-order valence-corrected chi connectivity index (χ1v) is 4.36. The predicted octanol–water partition coefficient (Wildman–Crippen LogP) is 0.961. The van der Waals surface area contributed by atoms with E-state index in [1.54, 1.807) is 0 Å². The van der Waals surface area contributed by atoms with Crippen molar-refractivity contribution >= 4 is 5.97 Å². The van der Waals surface area contributed by atoms with Gasteiger partial charge in [0.15, 0.2) is 0 Å². The maximum atomic E-state index is 12.8. The van der Waals surface area contributed by atoms with Gasteiger partial charge in [-0.3, -0.25) is 4.79 Å². The van der Waals surface area contributed by atoms with Crippen LogP contribution in [0.5, 0.6) is 5.75 Å². The highest BCUT2D eigenvalue weighted by Crippen LogP contribution is 2.27. The van der Waals surface area contributed by atoms with E-state index in [1.165, 1.54) is 19.2 Å². The van der Waals surface area contributed by atoms with E-state index in [4.69, 9.17) is 15.6 Å². The average Bonchev–Trinajstić information content (AvgIpc) is 2.20. The highest BCUT2D eigenvalue weighted by Gasteiger charge is 2.21. The number of carboxylic acids is 1. The maximum absolute atomic E-state index is 12.8. The molecule has 0 aromatic heterocycles. The van der Waals surface area contributed by atoms with Crippen LogP contribution in [0.25, 0.3) is 0 Å². The van der Waals surface area contributed by atoms with Crippen LogP contribution >= 0.6 is 0 Å². The number of aliphatic carboxylic acids is 1. The standard InChI is InChI=1S/C10H12FNO3/c1-15-9-4-6(11)2-3-7(9)8(5-12)10(13)14/h2-4,8H,5,12H2,1H3,(H,13,14). The SMILES string of the molecule is COc1cc(F)ccc1C(CN)C(=O)O. The maximum Gasteiger partial charge on any atom is 0.312 e. The van der Waals surface area contributed by atoms with Crippen molar-refractivity contribution in [3.63, 3.8) is 0 Å². The molecule has 82 valence electrons. The lowest BCUT2D eigenvalue weighted by Crippen LogP contribution is -2.21. The normalized spacial score (nSPS) is 12.2. The molecular weight excluding hydrogens is 201 g/mol. The van der Waals surface area contributed by atoms with Crippen LogP contribution in [0.3, 0.4) is 0 Å². The summed E-state index contributed by atoms with van der Waals surface area (Å²) < 4.78 is 17.7. The minimum atomic E-state index is -1.05. The summed E-state index contributed by atoms with van der Waals surface area (Å²) in [6, 6.07) is 3.70. The summed E-state index contributed by atoms with van der Waals surface area (Å²) in [7, 11) is 1.35. The monoisotopic (exact) mass is 213 g/mol. The van der Waals surface area contributed by atoms with Crippen LogP contribution in [-0.4, -0.2) is 24.7 Å². The van der Waals surface area contributed by atoms with Gasteiger partial charge in [0.1, 0.15) is 11.6 Å². The third-order valence-electron chi connectivity index (χ3n) is 2.10. The highest BCUT2D eigenvalue weighted by atomic mass is 19.1. The Kier molecular flexibility index (Phi) is 3.62. The molecule has 4 nitrogen and oxygen atoms in total. The predicted molar refractivity (Wildman–Crippen MR) is 52.4 cm³/mol. The molecule has 0 spiro atoms. The molecule has 15 heavy (non-hydrogen) atoms. The summed E-state index contributed by atoms with van der Waals surface area (Å²) in [5.74, 6) is -2.20. The van der Waals surface area contributed by atoms with E-state index >= 15 is 0 Å². The van der Waals surface area contributed by atoms with Gasteiger partial charge in [0.2, 0.25) is 0 Å². The van der Waals surface area contributed by atoms with Crippen LogP contribution in [0.2, 0.25) is 0 Å². The smallest absolute Gasteiger partial charge is 0.312 e. The summed E-state index contributed by atoms with van der Waals surface area (Å²) in [5, 5.41) is 8.89. The Morgan fingerprint density at radius 2 is 2.33 bits per heavy atom. The molecule has 1 aromatic rings. The van der Waals surface area contributed by atoms with E-state index in [-0.39, 0.29) is 12.3 Å². The molecule has 1 unspecified atom stereocenters. The molecule has 5 heteroatoms. The van der Waals surface area contributed by atoms with Crippen molar-refractivity contribution in [1.29, 1.82) is 0 Å². The van der Waals surface area contributed by atoms with Crippen LogP contribution in [-0.2, 0) is 4.79 Å². The second kappa shape index (κ2) is 4.75. The van der Waals surface area contributed by atoms with Gasteiger partial charge in [-0.2, -0.15) is 0 Å². The molecule has 0 amide bonds. The quantitative estimate of drug-likeness (QED) is 0.781. The van der Waals surface area contributed by atoms with Crippen molar-refractivity contribution in [2.45, 2.75) is 5.92 Å². The molecule has 0 radical (unpaired) electrons. The topological polar surface area (TPSA) is 72.5 Å². The van der Waals surface area contributed by atoms with Crippen molar-refractivity contribution in [3.8, 4) is 5.75 Å². The highest BCUT2D eigenvalue weighted by molar-refractivity contribution is 5.77.